The van der Waals surface area contributed by atoms with Crippen LogP contribution in [-0.2, 0) is 14.3 Å². The van der Waals surface area contributed by atoms with Gasteiger partial charge in [0.2, 0.25) is 0 Å². The topological polar surface area (TPSA) is 73.1 Å². The SMILES string of the molecule is Cc1cccc2nc(C(=O)OC(C)C(=O)N3CCOCC3)cn12. The molecule has 0 bridgehead atoms. The zero-order valence-corrected chi connectivity index (χ0v) is 13.2. The molecular weight excluding hydrogens is 298 g/mol. The number of carbonyl (C=O) groups is 2. The number of nitrogens with zero attached hydrogens (tertiary/aromatic N) is 3. The Hall–Kier alpha value is -2.41. The molecule has 122 valence electrons. The van der Waals surface area contributed by atoms with E-state index < -0.39 is 12.1 Å². The quantitative estimate of drug-likeness (QED) is 0.791. The first kappa shape index (κ1) is 15.5. The van der Waals surface area contributed by atoms with Gasteiger partial charge in [0.15, 0.2) is 11.8 Å². The zero-order valence-electron chi connectivity index (χ0n) is 13.2. The summed E-state index contributed by atoms with van der Waals surface area (Å²) in [7, 11) is 0. The maximum Gasteiger partial charge on any atom is 0.359 e. The van der Waals surface area contributed by atoms with E-state index in [9.17, 15) is 9.59 Å². The number of fused-ring (bicyclic) bond motifs is 1. The number of hydrogen-bond donors (Lipinski definition) is 0. The summed E-state index contributed by atoms with van der Waals surface area (Å²) in [5, 5.41) is 0. The van der Waals surface area contributed by atoms with Crippen molar-refractivity contribution in [2.45, 2.75) is 20.0 Å². The third kappa shape index (κ3) is 3.19. The van der Waals surface area contributed by atoms with Crippen molar-refractivity contribution < 1.29 is 19.1 Å². The van der Waals surface area contributed by atoms with Crippen LogP contribution in [0.15, 0.2) is 24.4 Å². The maximum atomic E-state index is 12.3. The number of amides is 1. The van der Waals surface area contributed by atoms with Crippen molar-refractivity contribution in [3.63, 3.8) is 0 Å². The number of hydrogen-bond acceptors (Lipinski definition) is 5. The maximum absolute atomic E-state index is 12.3. The summed E-state index contributed by atoms with van der Waals surface area (Å²) in [5.41, 5.74) is 1.83. The van der Waals surface area contributed by atoms with E-state index in [4.69, 9.17) is 9.47 Å². The van der Waals surface area contributed by atoms with Crippen molar-refractivity contribution in [1.82, 2.24) is 14.3 Å². The lowest BCUT2D eigenvalue weighted by Gasteiger charge is -2.28. The van der Waals surface area contributed by atoms with E-state index in [1.54, 1.807) is 18.0 Å². The number of aromatic nitrogens is 2. The molecule has 3 rings (SSSR count). The van der Waals surface area contributed by atoms with E-state index in [2.05, 4.69) is 4.98 Å². The Labute approximate surface area is 133 Å². The summed E-state index contributed by atoms with van der Waals surface area (Å²) in [6.07, 6.45) is 0.783. The van der Waals surface area contributed by atoms with Gasteiger partial charge in [0, 0.05) is 25.0 Å². The lowest BCUT2D eigenvalue weighted by molar-refractivity contribution is -0.143. The van der Waals surface area contributed by atoms with Gasteiger partial charge >= 0.3 is 5.97 Å². The molecule has 0 N–H and O–H groups in total. The molecule has 1 aliphatic heterocycles. The van der Waals surface area contributed by atoms with Crippen LogP contribution in [0.1, 0.15) is 23.1 Å². The largest absolute Gasteiger partial charge is 0.448 e. The van der Waals surface area contributed by atoms with Gasteiger partial charge in [-0.05, 0) is 26.0 Å². The number of morpholine rings is 1. The summed E-state index contributed by atoms with van der Waals surface area (Å²) >= 11 is 0. The van der Waals surface area contributed by atoms with Crippen LogP contribution < -0.4 is 0 Å². The van der Waals surface area contributed by atoms with E-state index in [0.717, 1.165) is 5.69 Å². The van der Waals surface area contributed by atoms with Crippen LogP contribution in [0.4, 0.5) is 0 Å². The van der Waals surface area contributed by atoms with Gasteiger partial charge in [-0.2, -0.15) is 0 Å². The van der Waals surface area contributed by atoms with E-state index in [1.165, 1.54) is 0 Å². The number of imidazole rings is 1. The molecule has 1 unspecified atom stereocenters. The van der Waals surface area contributed by atoms with Crippen LogP contribution in [0.3, 0.4) is 0 Å². The summed E-state index contributed by atoms with van der Waals surface area (Å²) in [6, 6.07) is 5.61. The number of esters is 1. The second-order valence-corrected chi connectivity index (χ2v) is 5.51. The van der Waals surface area contributed by atoms with Crippen LogP contribution in [0.2, 0.25) is 0 Å². The number of carbonyl (C=O) groups excluding carboxylic acids is 2. The molecule has 1 saturated heterocycles. The molecule has 0 spiro atoms. The van der Waals surface area contributed by atoms with Crippen LogP contribution >= 0.6 is 0 Å². The fraction of sp³-hybridized carbons (Fsp3) is 0.438. The van der Waals surface area contributed by atoms with Crippen molar-refractivity contribution >= 4 is 17.5 Å². The van der Waals surface area contributed by atoms with Crippen molar-refractivity contribution in [2.75, 3.05) is 26.3 Å². The van der Waals surface area contributed by atoms with Crippen molar-refractivity contribution in [3.05, 3.63) is 35.8 Å². The van der Waals surface area contributed by atoms with Crippen molar-refractivity contribution in [3.8, 4) is 0 Å². The molecule has 1 aliphatic rings. The first-order valence-corrected chi connectivity index (χ1v) is 7.58. The zero-order chi connectivity index (χ0) is 16.4. The second-order valence-electron chi connectivity index (χ2n) is 5.51. The van der Waals surface area contributed by atoms with Gasteiger partial charge in [-0.25, -0.2) is 9.78 Å². The molecule has 2 aromatic heterocycles. The third-order valence-electron chi connectivity index (χ3n) is 3.86. The van der Waals surface area contributed by atoms with Crippen LogP contribution in [-0.4, -0.2) is 58.6 Å². The first-order valence-electron chi connectivity index (χ1n) is 7.58. The van der Waals surface area contributed by atoms with Crippen LogP contribution in [0, 0.1) is 6.92 Å². The highest BCUT2D eigenvalue weighted by Gasteiger charge is 2.26. The molecule has 0 aliphatic carbocycles. The Morgan fingerprint density at radius 3 is 2.74 bits per heavy atom. The van der Waals surface area contributed by atoms with Crippen LogP contribution in [0.5, 0.6) is 0 Å². The average Bonchev–Trinajstić information content (AvgIpc) is 3.00. The van der Waals surface area contributed by atoms with Gasteiger partial charge in [-0.3, -0.25) is 4.79 Å². The molecule has 1 fully saturated rings. The summed E-state index contributed by atoms with van der Waals surface area (Å²) in [5.74, 6) is -0.802. The molecule has 1 atom stereocenters. The minimum Gasteiger partial charge on any atom is -0.448 e. The highest BCUT2D eigenvalue weighted by molar-refractivity contribution is 5.91. The first-order chi connectivity index (χ1) is 11.1. The van der Waals surface area contributed by atoms with Crippen LogP contribution in [0.25, 0.3) is 5.65 Å². The van der Waals surface area contributed by atoms with E-state index in [1.807, 2.05) is 29.5 Å². The number of aryl methyl sites for hydroxylation is 1. The molecular formula is C16H19N3O4. The standard InChI is InChI=1S/C16H19N3O4/c1-11-4-3-5-14-17-13(10-19(11)14)16(21)23-12(2)15(20)18-6-8-22-9-7-18/h3-5,10,12H,6-9H2,1-2H3. The molecule has 23 heavy (non-hydrogen) atoms. The highest BCUT2D eigenvalue weighted by atomic mass is 16.5. The molecule has 3 heterocycles. The van der Waals surface area contributed by atoms with Gasteiger partial charge in [-0.15, -0.1) is 0 Å². The van der Waals surface area contributed by atoms with E-state index in [0.29, 0.717) is 32.0 Å². The van der Waals surface area contributed by atoms with Gasteiger partial charge in [0.05, 0.1) is 13.2 Å². The number of pyridine rings is 1. The average molecular weight is 317 g/mol. The highest BCUT2D eigenvalue weighted by Crippen LogP contribution is 2.11. The Morgan fingerprint density at radius 2 is 2.04 bits per heavy atom. The summed E-state index contributed by atoms with van der Waals surface area (Å²) in [4.78, 5) is 30.4. The lowest BCUT2D eigenvalue weighted by atomic mass is 10.3. The molecule has 2 aromatic rings. The fourth-order valence-corrected chi connectivity index (χ4v) is 2.56. The minimum atomic E-state index is -0.841. The molecule has 7 heteroatoms. The molecule has 7 nitrogen and oxygen atoms in total. The van der Waals surface area contributed by atoms with Gasteiger partial charge in [-0.1, -0.05) is 6.07 Å². The summed E-state index contributed by atoms with van der Waals surface area (Å²) < 4.78 is 12.3. The van der Waals surface area contributed by atoms with Crippen molar-refractivity contribution in [2.24, 2.45) is 0 Å². The molecule has 0 radical (unpaired) electrons. The Balaban J connectivity index is 1.69. The van der Waals surface area contributed by atoms with Gasteiger partial charge in [0.25, 0.3) is 5.91 Å². The predicted octanol–water partition coefficient (Wildman–Crippen LogP) is 1.05. The number of rotatable bonds is 3. The Bertz CT molecular complexity index is 734. The van der Waals surface area contributed by atoms with Gasteiger partial charge < -0.3 is 18.8 Å². The Kier molecular flexibility index (Phi) is 4.29. The smallest absolute Gasteiger partial charge is 0.359 e. The van der Waals surface area contributed by atoms with Crippen molar-refractivity contribution in [1.29, 1.82) is 0 Å². The molecule has 1 amide bonds. The lowest BCUT2D eigenvalue weighted by Crippen LogP contribution is -2.46. The molecule has 0 aromatic carbocycles. The molecule has 0 saturated carbocycles. The van der Waals surface area contributed by atoms with E-state index >= 15 is 0 Å². The van der Waals surface area contributed by atoms with Gasteiger partial charge in [0.1, 0.15) is 5.65 Å². The fourth-order valence-electron chi connectivity index (χ4n) is 2.56. The monoisotopic (exact) mass is 317 g/mol. The normalized spacial score (nSPS) is 16.3. The number of ether oxygens (including phenoxy) is 2. The summed E-state index contributed by atoms with van der Waals surface area (Å²) in [6.45, 7) is 5.57. The third-order valence-corrected chi connectivity index (χ3v) is 3.86. The van der Waals surface area contributed by atoms with E-state index in [-0.39, 0.29) is 11.6 Å². The Morgan fingerprint density at radius 1 is 1.30 bits per heavy atom. The minimum absolute atomic E-state index is 0.195. The second kappa shape index (κ2) is 6.37. The predicted molar refractivity (Wildman–Crippen MR) is 82.2 cm³/mol.